The number of para-hydroxylation sites is 1. The van der Waals surface area contributed by atoms with Crippen molar-refractivity contribution in [2.24, 2.45) is 0 Å². The molecule has 1 aromatic heterocycles. The van der Waals surface area contributed by atoms with Gasteiger partial charge in [0.2, 0.25) is 5.91 Å². The Hall–Kier alpha value is -1.65. The molecule has 0 saturated carbocycles. The van der Waals surface area contributed by atoms with Gasteiger partial charge in [0.25, 0.3) is 0 Å². The first-order valence-corrected chi connectivity index (χ1v) is 7.96. The van der Waals surface area contributed by atoms with E-state index in [1.807, 2.05) is 31.2 Å². The number of carbonyl (C=O) groups excluding carboxylic acids is 2. The molecular formula is C16H16ClNO2S. The summed E-state index contributed by atoms with van der Waals surface area (Å²) < 4.78 is 0.583. The molecule has 0 bridgehead atoms. The largest absolute Gasteiger partial charge is 0.326 e. The molecule has 0 unspecified atom stereocenters. The molecular weight excluding hydrogens is 306 g/mol. The van der Waals surface area contributed by atoms with Crippen LogP contribution in [0.1, 0.15) is 35.0 Å². The lowest BCUT2D eigenvalue weighted by Crippen LogP contribution is -2.14. The van der Waals surface area contributed by atoms with Crippen LogP contribution in [0, 0.1) is 0 Å². The van der Waals surface area contributed by atoms with Crippen molar-refractivity contribution >= 4 is 40.3 Å². The minimum Gasteiger partial charge on any atom is -0.326 e. The molecule has 110 valence electrons. The summed E-state index contributed by atoms with van der Waals surface area (Å²) >= 11 is 7.04. The third-order valence-corrected chi connectivity index (χ3v) is 4.37. The molecule has 0 aliphatic heterocycles. The molecule has 0 atom stereocenters. The second kappa shape index (κ2) is 7.38. The Morgan fingerprint density at radius 2 is 1.90 bits per heavy atom. The number of aryl methyl sites for hydroxylation is 1. The van der Waals surface area contributed by atoms with Crippen molar-refractivity contribution in [2.75, 3.05) is 5.32 Å². The van der Waals surface area contributed by atoms with E-state index in [1.54, 1.807) is 12.1 Å². The third kappa shape index (κ3) is 4.41. The van der Waals surface area contributed by atoms with Gasteiger partial charge in [0.05, 0.1) is 9.21 Å². The Bertz CT molecular complexity index is 651. The van der Waals surface area contributed by atoms with Crippen molar-refractivity contribution in [1.82, 2.24) is 0 Å². The monoisotopic (exact) mass is 321 g/mol. The van der Waals surface area contributed by atoms with E-state index in [9.17, 15) is 9.59 Å². The number of anilines is 1. The van der Waals surface area contributed by atoms with Crippen molar-refractivity contribution in [3.8, 4) is 0 Å². The lowest BCUT2D eigenvalue weighted by Gasteiger charge is -2.09. The summed E-state index contributed by atoms with van der Waals surface area (Å²) in [6.45, 7) is 2.04. The van der Waals surface area contributed by atoms with Crippen LogP contribution in [0.25, 0.3) is 0 Å². The highest BCUT2D eigenvalue weighted by Gasteiger charge is 2.12. The van der Waals surface area contributed by atoms with Gasteiger partial charge in [-0.1, -0.05) is 36.7 Å². The second-order valence-electron chi connectivity index (χ2n) is 4.59. The Balaban J connectivity index is 1.89. The Labute approximate surface area is 132 Å². The zero-order chi connectivity index (χ0) is 15.2. The highest BCUT2D eigenvalue weighted by atomic mass is 35.5. The fourth-order valence-electron chi connectivity index (χ4n) is 1.98. The van der Waals surface area contributed by atoms with Gasteiger partial charge in [-0.25, -0.2) is 0 Å². The molecule has 2 rings (SSSR count). The maximum absolute atomic E-state index is 11.9. The van der Waals surface area contributed by atoms with Gasteiger partial charge >= 0.3 is 0 Å². The molecule has 21 heavy (non-hydrogen) atoms. The van der Waals surface area contributed by atoms with Gasteiger partial charge in [-0.15, -0.1) is 11.3 Å². The van der Waals surface area contributed by atoms with Gasteiger partial charge in [0, 0.05) is 18.5 Å². The quantitative estimate of drug-likeness (QED) is 0.792. The summed E-state index contributed by atoms with van der Waals surface area (Å²) in [7, 11) is 0. The SMILES string of the molecule is CCc1ccccc1NC(=O)CCC(=O)c1ccc(Cl)s1. The van der Waals surface area contributed by atoms with E-state index in [4.69, 9.17) is 11.6 Å². The lowest BCUT2D eigenvalue weighted by molar-refractivity contribution is -0.116. The van der Waals surface area contributed by atoms with E-state index in [-0.39, 0.29) is 24.5 Å². The molecule has 0 aliphatic carbocycles. The first kappa shape index (κ1) is 15.7. The minimum atomic E-state index is -0.146. The van der Waals surface area contributed by atoms with Crippen molar-refractivity contribution in [2.45, 2.75) is 26.2 Å². The number of carbonyl (C=O) groups is 2. The van der Waals surface area contributed by atoms with E-state index in [0.717, 1.165) is 17.7 Å². The van der Waals surface area contributed by atoms with E-state index >= 15 is 0 Å². The Morgan fingerprint density at radius 3 is 2.57 bits per heavy atom. The van der Waals surface area contributed by atoms with Crippen LogP contribution in [0.2, 0.25) is 4.34 Å². The molecule has 1 aromatic carbocycles. The zero-order valence-electron chi connectivity index (χ0n) is 11.7. The lowest BCUT2D eigenvalue weighted by atomic mass is 10.1. The maximum atomic E-state index is 11.9. The first-order valence-electron chi connectivity index (χ1n) is 6.76. The summed E-state index contributed by atoms with van der Waals surface area (Å²) in [6.07, 6.45) is 1.21. The fourth-order valence-corrected chi connectivity index (χ4v) is 2.99. The minimum absolute atomic E-state index is 0.0502. The first-order chi connectivity index (χ1) is 10.1. The number of nitrogens with one attached hydrogen (secondary N) is 1. The van der Waals surface area contributed by atoms with Crippen LogP contribution in [0.4, 0.5) is 5.69 Å². The average molecular weight is 322 g/mol. The normalized spacial score (nSPS) is 10.4. The molecule has 1 heterocycles. The van der Waals surface area contributed by atoms with Gasteiger partial charge in [-0.05, 0) is 30.2 Å². The highest BCUT2D eigenvalue weighted by molar-refractivity contribution is 7.18. The van der Waals surface area contributed by atoms with Gasteiger partial charge in [0.1, 0.15) is 0 Å². The summed E-state index contributed by atoms with van der Waals surface area (Å²) in [6, 6.07) is 11.1. The van der Waals surface area contributed by atoms with E-state index in [0.29, 0.717) is 9.21 Å². The molecule has 0 fully saturated rings. The topological polar surface area (TPSA) is 46.2 Å². The number of Topliss-reactive ketones (excluding diaryl/α,β-unsaturated/α-hetero) is 1. The molecule has 1 amide bonds. The van der Waals surface area contributed by atoms with Crippen LogP contribution in [-0.2, 0) is 11.2 Å². The number of rotatable bonds is 6. The Kier molecular flexibility index (Phi) is 5.53. The number of amides is 1. The summed E-state index contributed by atoms with van der Waals surface area (Å²) in [4.78, 5) is 24.4. The molecule has 2 aromatic rings. The predicted molar refractivity (Wildman–Crippen MR) is 87.3 cm³/mol. The maximum Gasteiger partial charge on any atom is 0.224 e. The summed E-state index contributed by atoms with van der Waals surface area (Å²) in [5, 5.41) is 2.86. The summed E-state index contributed by atoms with van der Waals surface area (Å²) in [5.74, 6) is -0.197. The second-order valence-corrected chi connectivity index (χ2v) is 6.30. The number of thiophene rings is 1. The molecule has 3 nitrogen and oxygen atoms in total. The average Bonchev–Trinajstić information content (AvgIpc) is 2.92. The van der Waals surface area contributed by atoms with Gasteiger partial charge in [0.15, 0.2) is 5.78 Å². The van der Waals surface area contributed by atoms with E-state index in [2.05, 4.69) is 5.32 Å². The van der Waals surface area contributed by atoms with Gasteiger partial charge in [-0.3, -0.25) is 9.59 Å². The number of halogens is 1. The highest BCUT2D eigenvalue weighted by Crippen LogP contribution is 2.23. The fraction of sp³-hybridized carbons (Fsp3) is 0.250. The summed E-state index contributed by atoms with van der Waals surface area (Å²) in [5.41, 5.74) is 1.90. The standard InChI is InChI=1S/C16H16ClNO2S/c1-2-11-5-3-4-6-12(11)18-16(20)10-7-13(19)14-8-9-15(17)21-14/h3-6,8-9H,2,7,10H2,1H3,(H,18,20). The van der Waals surface area contributed by atoms with Gasteiger partial charge in [-0.2, -0.15) is 0 Å². The number of benzene rings is 1. The molecule has 1 N–H and O–H groups in total. The third-order valence-electron chi connectivity index (χ3n) is 3.10. The number of hydrogen-bond donors (Lipinski definition) is 1. The van der Waals surface area contributed by atoms with E-state index in [1.165, 1.54) is 11.3 Å². The van der Waals surface area contributed by atoms with Crippen LogP contribution in [-0.4, -0.2) is 11.7 Å². The Morgan fingerprint density at radius 1 is 1.14 bits per heavy atom. The zero-order valence-corrected chi connectivity index (χ0v) is 13.3. The van der Waals surface area contributed by atoms with Crippen molar-refractivity contribution in [1.29, 1.82) is 0 Å². The van der Waals surface area contributed by atoms with Crippen LogP contribution < -0.4 is 5.32 Å². The van der Waals surface area contributed by atoms with Crippen LogP contribution in [0.5, 0.6) is 0 Å². The van der Waals surface area contributed by atoms with Crippen LogP contribution in [0.15, 0.2) is 36.4 Å². The smallest absolute Gasteiger partial charge is 0.224 e. The molecule has 0 aliphatic rings. The van der Waals surface area contributed by atoms with Gasteiger partial charge < -0.3 is 5.32 Å². The van der Waals surface area contributed by atoms with Crippen LogP contribution >= 0.6 is 22.9 Å². The molecule has 0 spiro atoms. The molecule has 5 heteroatoms. The number of ketones is 1. The number of hydrogen-bond acceptors (Lipinski definition) is 3. The molecule has 0 radical (unpaired) electrons. The molecule has 0 saturated heterocycles. The van der Waals surface area contributed by atoms with E-state index < -0.39 is 0 Å². The van der Waals surface area contributed by atoms with Crippen molar-refractivity contribution in [3.05, 3.63) is 51.2 Å². The van der Waals surface area contributed by atoms with Crippen molar-refractivity contribution < 1.29 is 9.59 Å². The van der Waals surface area contributed by atoms with Crippen LogP contribution in [0.3, 0.4) is 0 Å². The van der Waals surface area contributed by atoms with Crippen molar-refractivity contribution in [3.63, 3.8) is 0 Å². The predicted octanol–water partition coefficient (Wildman–Crippen LogP) is 4.57.